The van der Waals surface area contributed by atoms with E-state index in [-0.39, 0.29) is 5.92 Å². The maximum absolute atomic E-state index is 9.46. The Balaban J connectivity index is 1.93. The zero-order valence-corrected chi connectivity index (χ0v) is 13.5. The van der Waals surface area contributed by atoms with Gasteiger partial charge in [-0.1, -0.05) is 19.8 Å². The molecule has 0 aromatic carbocycles. The van der Waals surface area contributed by atoms with E-state index >= 15 is 0 Å². The van der Waals surface area contributed by atoms with Gasteiger partial charge in [0.15, 0.2) is 0 Å². The third-order valence-corrected chi connectivity index (χ3v) is 5.34. The maximum Gasteiger partial charge on any atom is 0.0672 e. The highest BCUT2D eigenvalue weighted by molar-refractivity contribution is 4.98. The maximum atomic E-state index is 9.46. The van der Waals surface area contributed by atoms with E-state index in [4.69, 9.17) is 0 Å². The molecular weight excluding hydrogens is 246 g/mol. The van der Waals surface area contributed by atoms with E-state index in [2.05, 4.69) is 36.6 Å². The standard InChI is InChI=1S/C17H31N3/c1-4-5-15-6-7-16(13-18)17(12-15)20-10-8-19(9-11-20)14(2)3/h14-17H,4-12H2,1-3H3. The molecule has 2 aliphatic rings. The predicted molar refractivity (Wildman–Crippen MR) is 83.4 cm³/mol. The van der Waals surface area contributed by atoms with Crippen molar-refractivity contribution >= 4 is 0 Å². The Labute approximate surface area is 124 Å². The second-order valence-electron chi connectivity index (χ2n) is 6.94. The topological polar surface area (TPSA) is 30.3 Å². The lowest BCUT2D eigenvalue weighted by Crippen LogP contribution is -2.54. The van der Waals surface area contributed by atoms with Crippen LogP contribution < -0.4 is 0 Å². The molecule has 3 atom stereocenters. The number of hydrogen-bond donors (Lipinski definition) is 0. The molecule has 3 nitrogen and oxygen atoms in total. The first-order chi connectivity index (χ1) is 9.65. The third-order valence-electron chi connectivity index (χ3n) is 5.34. The van der Waals surface area contributed by atoms with Gasteiger partial charge in [0.25, 0.3) is 0 Å². The molecule has 2 fully saturated rings. The summed E-state index contributed by atoms with van der Waals surface area (Å²) in [7, 11) is 0. The van der Waals surface area contributed by atoms with Gasteiger partial charge in [-0.2, -0.15) is 5.26 Å². The zero-order chi connectivity index (χ0) is 14.5. The molecule has 0 aromatic rings. The first kappa shape index (κ1) is 15.8. The summed E-state index contributed by atoms with van der Waals surface area (Å²) in [4.78, 5) is 5.18. The van der Waals surface area contributed by atoms with Gasteiger partial charge in [-0.05, 0) is 39.0 Å². The fourth-order valence-electron chi connectivity index (χ4n) is 4.04. The summed E-state index contributed by atoms with van der Waals surface area (Å²) in [6.07, 6.45) is 6.29. The lowest BCUT2D eigenvalue weighted by atomic mass is 9.76. The summed E-state index contributed by atoms with van der Waals surface area (Å²) < 4.78 is 0. The molecule has 1 aliphatic heterocycles. The van der Waals surface area contributed by atoms with Crippen molar-refractivity contribution < 1.29 is 0 Å². The van der Waals surface area contributed by atoms with Crippen LogP contribution in [0.4, 0.5) is 0 Å². The van der Waals surface area contributed by atoms with Crippen LogP contribution in [0.15, 0.2) is 0 Å². The van der Waals surface area contributed by atoms with E-state index in [9.17, 15) is 5.26 Å². The zero-order valence-electron chi connectivity index (χ0n) is 13.5. The van der Waals surface area contributed by atoms with Crippen molar-refractivity contribution in [3.63, 3.8) is 0 Å². The van der Waals surface area contributed by atoms with Crippen LogP contribution in [-0.2, 0) is 0 Å². The van der Waals surface area contributed by atoms with Gasteiger partial charge >= 0.3 is 0 Å². The van der Waals surface area contributed by atoms with E-state index in [0.717, 1.165) is 25.4 Å². The average Bonchev–Trinajstić information content (AvgIpc) is 2.47. The Morgan fingerprint density at radius 2 is 1.85 bits per heavy atom. The normalized spacial score (nSPS) is 33.2. The van der Waals surface area contributed by atoms with Crippen LogP contribution in [-0.4, -0.2) is 48.1 Å². The van der Waals surface area contributed by atoms with Crippen LogP contribution in [0.25, 0.3) is 0 Å². The minimum atomic E-state index is 0.272. The van der Waals surface area contributed by atoms with Crippen molar-refractivity contribution in [1.82, 2.24) is 9.80 Å². The number of nitriles is 1. The summed E-state index contributed by atoms with van der Waals surface area (Å²) in [5.74, 6) is 1.13. The van der Waals surface area contributed by atoms with Gasteiger partial charge in [0.05, 0.1) is 12.0 Å². The lowest BCUT2D eigenvalue weighted by Gasteiger charge is -2.45. The lowest BCUT2D eigenvalue weighted by molar-refractivity contribution is 0.0379. The molecule has 0 bridgehead atoms. The molecule has 1 aliphatic carbocycles. The predicted octanol–water partition coefficient (Wildman–Crippen LogP) is 3.12. The van der Waals surface area contributed by atoms with Crippen molar-refractivity contribution in [1.29, 1.82) is 5.26 Å². The first-order valence-corrected chi connectivity index (χ1v) is 8.53. The molecule has 0 aromatic heterocycles. The van der Waals surface area contributed by atoms with Crippen LogP contribution in [0.2, 0.25) is 0 Å². The Bertz CT molecular complexity index is 326. The molecule has 0 amide bonds. The molecule has 2 rings (SSSR count). The van der Waals surface area contributed by atoms with Crippen molar-refractivity contribution in [3.05, 3.63) is 0 Å². The highest BCUT2D eigenvalue weighted by Crippen LogP contribution is 2.34. The average molecular weight is 277 g/mol. The summed E-state index contributed by atoms with van der Waals surface area (Å²) in [5, 5.41) is 9.46. The summed E-state index contributed by atoms with van der Waals surface area (Å²) in [6, 6.07) is 3.78. The van der Waals surface area contributed by atoms with Gasteiger partial charge in [0.2, 0.25) is 0 Å². The molecule has 0 radical (unpaired) electrons. The van der Waals surface area contributed by atoms with Crippen LogP contribution >= 0.6 is 0 Å². The summed E-state index contributed by atoms with van der Waals surface area (Å²) in [5.41, 5.74) is 0. The highest BCUT2D eigenvalue weighted by atomic mass is 15.3. The van der Waals surface area contributed by atoms with E-state index in [0.29, 0.717) is 12.1 Å². The summed E-state index contributed by atoms with van der Waals surface area (Å²) >= 11 is 0. The highest BCUT2D eigenvalue weighted by Gasteiger charge is 2.35. The summed E-state index contributed by atoms with van der Waals surface area (Å²) in [6.45, 7) is 11.5. The van der Waals surface area contributed by atoms with Gasteiger partial charge in [-0.3, -0.25) is 9.80 Å². The minimum absolute atomic E-state index is 0.272. The van der Waals surface area contributed by atoms with E-state index in [1.807, 2.05) is 0 Å². The second kappa shape index (κ2) is 7.43. The largest absolute Gasteiger partial charge is 0.298 e. The van der Waals surface area contributed by atoms with Crippen LogP contribution in [0, 0.1) is 23.2 Å². The molecule has 0 spiro atoms. The number of rotatable bonds is 4. The van der Waals surface area contributed by atoms with Crippen molar-refractivity contribution in [2.45, 2.75) is 65.0 Å². The van der Waals surface area contributed by atoms with E-state index in [1.54, 1.807) is 0 Å². The molecule has 1 saturated carbocycles. The number of nitrogens with zero attached hydrogens (tertiary/aromatic N) is 3. The van der Waals surface area contributed by atoms with Crippen LogP contribution in [0.3, 0.4) is 0 Å². The fourth-order valence-corrected chi connectivity index (χ4v) is 4.04. The smallest absolute Gasteiger partial charge is 0.0672 e. The number of hydrogen-bond acceptors (Lipinski definition) is 3. The van der Waals surface area contributed by atoms with Gasteiger partial charge < -0.3 is 0 Å². The Hall–Kier alpha value is -0.590. The molecular formula is C17H31N3. The molecule has 1 heterocycles. The van der Waals surface area contributed by atoms with Crippen molar-refractivity contribution in [3.8, 4) is 6.07 Å². The van der Waals surface area contributed by atoms with Gasteiger partial charge in [0, 0.05) is 38.3 Å². The van der Waals surface area contributed by atoms with Gasteiger partial charge in [0.1, 0.15) is 0 Å². The molecule has 114 valence electrons. The SMILES string of the molecule is CCCC1CCC(C#N)C(N2CCN(C(C)C)CC2)C1. The van der Waals surface area contributed by atoms with Crippen LogP contribution in [0.1, 0.15) is 52.9 Å². The van der Waals surface area contributed by atoms with Crippen molar-refractivity contribution in [2.24, 2.45) is 11.8 Å². The third kappa shape index (κ3) is 3.74. The molecule has 0 N–H and O–H groups in total. The molecule has 3 unspecified atom stereocenters. The minimum Gasteiger partial charge on any atom is -0.298 e. The number of piperazine rings is 1. The monoisotopic (exact) mass is 277 g/mol. The molecule has 3 heteroatoms. The molecule has 1 saturated heterocycles. The quantitative estimate of drug-likeness (QED) is 0.791. The van der Waals surface area contributed by atoms with Crippen molar-refractivity contribution in [2.75, 3.05) is 26.2 Å². The van der Waals surface area contributed by atoms with Crippen LogP contribution in [0.5, 0.6) is 0 Å². The Kier molecular flexibility index (Phi) is 5.86. The Morgan fingerprint density at radius 1 is 1.15 bits per heavy atom. The fraction of sp³-hybridized carbons (Fsp3) is 0.941. The Morgan fingerprint density at radius 3 is 2.40 bits per heavy atom. The van der Waals surface area contributed by atoms with Gasteiger partial charge in [-0.15, -0.1) is 0 Å². The van der Waals surface area contributed by atoms with E-state index in [1.165, 1.54) is 38.8 Å². The molecule has 20 heavy (non-hydrogen) atoms. The second-order valence-corrected chi connectivity index (χ2v) is 6.94. The first-order valence-electron chi connectivity index (χ1n) is 8.53. The van der Waals surface area contributed by atoms with Gasteiger partial charge in [-0.25, -0.2) is 0 Å². The van der Waals surface area contributed by atoms with E-state index < -0.39 is 0 Å².